The number of carbonyl (C=O) groups excluding carboxylic acids is 1. The van der Waals surface area contributed by atoms with Crippen molar-refractivity contribution in [3.05, 3.63) is 65.0 Å². The Kier molecular flexibility index (Phi) is 5.46. The molecule has 0 fully saturated rings. The van der Waals surface area contributed by atoms with E-state index >= 15 is 0 Å². The molecule has 1 N–H and O–H groups in total. The largest absolute Gasteiger partial charge is 0.339 e. The minimum Gasteiger partial charge on any atom is -0.339 e. The van der Waals surface area contributed by atoms with Crippen LogP contribution in [-0.2, 0) is 17.6 Å². The quantitative estimate of drug-likeness (QED) is 0.705. The molecular formula is C19H18ClN3O2. The van der Waals surface area contributed by atoms with E-state index in [9.17, 15) is 4.79 Å². The fraction of sp³-hybridized carbons (Fsp3) is 0.211. The molecule has 0 aliphatic heterocycles. The lowest BCUT2D eigenvalue weighted by Crippen LogP contribution is -2.13. The van der Waals surface area contributed by atoms with Crippen LogP contribution in [0.25, 0.3) is 11.4 Å². The van der Waals surface area contributed by atoms with Crippen molar-refractivity contribution in [1.82, 2.24) is 10.1 Å². The number of hydrogen-bond acceptors (Lipinski definition) is 4. The number of amides is 1. The second-order valence-corrected chi connectivity index (χ2v) is 6.02. The van der Waals surface area contributed by atoms with E-state index in [4.69, 9.17) is 16.1 Å². The minimum absolute atomic E-state index is 0.0802. The van der Waals surface area contributed by atoms with Gasteiger partial charge >= 0.3 is 0 Å². The number of carbonyl (C=O) groups is 1. The summed E-state index contributed by atoms with van der Waals surface area (Å²) in [5.41, 5.74) is 2.74. The first-order chi connectivity index (χ1) is 12.2. The van der Waals surface area contributed by atoms with Gasteiger partial charge in [0.1, 0.15) is 0 Å². The SMILES string of the molecule is CCc1ccccc1NC(=O)CCc1nc(-c2cccc(Cl)c2)no1. The maximum atomic E-state index is 12.2. The van der Waals surface area contributed by atoms with Gasteiger partial charge in [-0.15, -0.1) is 0 Å². The van der Waals surface area contributed by atoms with Gasteiger partial charge in [0.25, 0.3) is 0 Å². The molecule has 0 aliphatic carbocycles. The van der Waals surface area contributed by atoms with Gasteiger partial charge in [-0.05, 0) is 30.2 Å². The van der Waals surface area contributed by atoms with Crippen molar-refractivity contribution in [2.75, 3.05) is 5.32 Å². The van der Waals surface area contributed by atoms with Crippen LogP contribution in [0.5, 0.6) is 0 Å². The van der Waals surface area contributed by atoms with Gasteiger partial charge in [-0.25, -0.2) is 0 Å². The minimum atomic E-state index is -0.0802. The summed E-state index contributed by atoms with van der Waals surface area (Å²) in [4.78, 5) is 16.5. The highest BCUT2D eigenvalue weighted by molar-refractivity contribution is 6.30. The van der Waals surface area contributed by atoms with E-state index in [2.05, 4.69) is 22.4 Å². The summed E-state index contributed by atoms with van der Waals surface area (Å²) >= 11 is 5.97. The maximum Gasteiger partial charge on any atom is 0.227 e. The monoisotopic (exact) mass is 355 g/mol. The number of halogens is 1. The molecule has 5 nitrogen and oxygen atoms in total. The van der Waals surface area contributed by atoms with Crippen molar-refractivity contribution in [2.24, 2.45) is 0 Å². The van der Waals surface area contributed by atoms with E-state index < -0.39 is 0 Å². The summed E-state index contributed by atoms with van der Waals surface area (Å²) in [5, 5.41) is 7.48. The van der Waals surface area contributed by atoms with E-state index in [-0.39, 0.29) is 12.3 Å². The van der Waals surface area contributed by atoms with E-state index in [1.807, 2.05) is 36.4 Å². The number of anilines is 1. The van der Waals surface area contributed by atoms with Crippen LogP contribution in [0.2, 0.25) is 5.02 Å². The van der Waals surface area contributed by atoms with Crippen LogP contribution in [0.3, 0.4) is 0 Å². The Labute approximate surface area is 151 Å². The summed E-state index contributed by atoms with van der Waals surface area (Å²) in [6.07, 6.45) is 1.52. The van der Waals surface area contributed by atoms with Crippen LogP contribution in [0.15, 0.2) is 53.1 Å². The molecule has 1 amide bonds. The van der Waals surface area contributed by atoms with Crippen molar-refractivity contribution in [2.45, 2.75) is 26.2 Å². The fourth-order valence-corrected chi connectivity index (χ4v) is 2.68. The number of rotatable bonds is 6. The molecule has 1 aromatic heterocycles. The van der Waals surface area contributed by atoms with Gasteiger partial charge in [-0.3, -0.25) is 4.79 Å². The lowest BCUT2D eigenvalue weighted by Gasteiger charge is -2.08. The molecule has 0 atom stereocenters. The Morgan fingerprint density at radius 1 is 1.20 bits per heavy atom. The molecule has 6 heteroatoms. The van der Waals surface area contributed by atoms with Crippen LogP contribution in [0, 0.1) is 0 Å². The summed E-state index contributed by atoms with van der Waals surface area (Å²) in [6.45, 7) is 2.06. The van der Waals surface area contributed by atoms with E-state index in [1.165, 1.54) is 0 Å². The molecule has 0 saturated carbocycles. The zero-order valence-corrected chi connectivity index (χ0v) is 14.6. The Morgan fingerprint density at radius 2 is 2.04 bits per heavy atom. The van der Waals surface area contributed by atoms with Gasteiger partial charge in [0, 0.05) is 29.1 Å². The third-order valence-electron chi connectivity index (χ3n) is 3.79. The second kappa shape index (κ2) is 7.94. The number of aryl methyl sites for hydroxylation is 2. The van der Waals surface area contributed by atoms with Crippen LogP contribution in [0.1, 0.15) is 24.8 Å². The Balaban J connectivity index is 1.59. The van der Waals surface area contributed by atoms with Gasteiger partial charge in [0.15, 0.2) is 0 Å². The maximum absolute atomic E-state index is 12.2. The highest BCUT2D eigenvalue weighted by Crippen LogP contribution is 2.20. The number of para-hydroxylation sites is 1. The normalized spacial score (nSPS) is 10.6. The van der Waals surface area contributed by atoms with E-state index in [1.54, 1.807) is 12.1 Å². The molecule has 0 aliphatic rings. The van der Waals surface area contributed by atoms with E-state index in [0.717, 1.165) is 23.2 Å². The third-order valence-corrected chi connectivity index (χ3v) is 4.02. The number of aromatic nitrogens is 2. The zero-order chi connectivity index (χ0) is 17.6. The number of nitrogens with one attached hydrogen (secondary N) is 1. The van der Waals surface area contributed by atoms with Gasteiger partial charge < -0.3 is 9.84 Å². The molecule has 3 aromatic rings. The molecule has 3 rings (SSSR count). The first-order valence-corrected chi connectivity index (χ1v) is 8.50. The summed E-state index contributed by atoms with van der Waals surface area (Å²) in [7, 11) is 0. The summed E-state index contributed by atoms with van der Waals surface area (Å²) in [5.74, 6) is 0.812. The number of benzene rings is 2. The number of hydrogen-bond donors (Lipinski definition) is 1. The van der Waals surface area contributed by atoms with Gasteiger partial charge in [0.05, 0.1) is 0 Å². The lowest BCUT2D eigenvalue weighted by atomic mass is 10.1. The molecule has 0 spiro atoms. The molecule has 1 heterocycles. The van der Waals surface area contributed by atoms with Crippen LogP contribution in [-0.4, -0.2) is 16.0 Å². The highest BCUT2D eigenvalue weighted by Gasteiger charge is 2.12. The van der Waals surface area contributed by atoms with Gasteiger partial charge in [-0.2, -0.15) is 4.98 Å². The topological polar surface area (TPSA) is 68.0 Å². The third kappa shape index (κ3) is 4.45. The molecule has 25 heavy (non-hydrogen) atoms. The standard InChI is InChI=1S/C19H18ClN3O2/c1-2-13-6-3-4-9-16(13)21-17(24)10-11-18-22-19(23-25-18)14-7-5-8-15(20)12-14/h3-9,12H,2,10-11H2,1H3,(H,21,24). The molecule has 2 aromatic carbocycles. The Bertz CT molecular complexity index is 876. The molecule has 0 unspecified atom stereocenters. The van der Waals surface area contributed by atoms with Gasteiger partial charge in [0.2, 0.25) is 17.6 Å². The molecule has 0 bridgehead atoms. The predicted molar refractivity (Wildman–Crippen MR) is 97.5 cm³/mol. The average Bonchev–Trinajstić information content (AvgIpc) is 3.09. The smallest absolute Gasteiger partial charge is 0.227 e. The zero-order valence-electron chi connectivity index (χ0n) is 13.8. The number of nitrogens with zero attached hydrogens (tertiary/aromatic N) is 2. The van der Waals surface area contributed by atoms with Crippen LogP contribution >= 0.6 is 11.6 Å². The second-order valence-electron chi connectivity index (χ2n) is 5.58. The molecule has 0 saturated heterocycles. The van der Waals surface area contributed by atoms with Crippen molar-refractivity contribution < 1.29 is 9.32 Å². The summed E-state index contributed by atoms with van der Waals surface area (Å²) < 4.78 is 5.22. The van der Waals surface area contributed by atoms with Crippen molar-refractivity contribution in [1.29, 1.82) is 0 Å². The highest BCUT2D eigenvalue weighted by atomic mass is 35.5. The van der Waals surface area contributed by atoms with Crippen LogP contribution in [0.4, 0.5) is 5.69 Å². The van der Waals surface area contributed by atoms with Crippen LogP contribution < -0.4 is 5.32 Å². The molecule has 128 valence electrons. The van der Waals surface area contributed by atoms with Gasteiger partial charge in [-0.1, -0.05) is 54.0 Å². The molecular weight excluding hydrogens is 338 g/mol. The Hall–Kier alpha value is -2.66. The Morgan fingerprint density at radius 3 is 2.84 bits per heavy atom. The average molecular weight is 356 g/mol. The van der Waals surface area contributed by atoms with Crippen molar-refractivity contribution >= 4 is 23.2 Å². The summed E-state index contributed by atoms with van der Waals surface area (Å²) in [6, 6.07) is 15.0. The van der Waals surface area contributed by atoms with E-state index in [0.29, 0.717) is 23.2 Å². The first kappa shape index (κ1) is 17.2. The van der Waals surface area contributed by atoms with Crippen molar-refractivity contribution in [3.63, 3.8) is 0 Å². The molecule has 0 radical (unpaired) electrons. The lowest BCUT2D eigenvalue weighted by molar-refractivity contribution is -0.116. The first-order valence-electron chi connectivity index (χ1n) is 8.12. The fourth-order valence-electron chi connectivity index (χ4n) is 2.48. The van der Waals surface area contributed by atoms with Crippen molar-refractivity contribution in [3.8, 4) is 11.4 Å². The predicted octanol–water partition coefficient (Wildman–Crippen LogP) is 4.52.